The molecule has 2 aromatic rings. The minimum absolute atomic E-state index is 0.586. The zero-order chi connectivity index (χ0) is 12.8. The second-order valence-electron chi connectivity index (χ2n) is 3.95. The van der Waals surface area contributed by atoms with Crippen LogP contribution < -0.4 is 10.5 Å². The van der Waals surface area contributed by atoms with Crippen LogP contribution in [0.2, 0.25) is 0 Å². The van der Waals surface area contributed by atoms with Crippen molar-refractivity contribution in [2.75, 3.05) is 7.11 Å². The number of rotatable bonds is 5. The van der Waals surface area contributed by atoms with Crippen molar-refractivity contribution in [1.82, 2.24) is 0 Å². The number of hydrogen-bond acceptors (Lipinski definition) is 3. The zero-order valence-electron chi connectivity index (χ0n) is 10.4. The van der Waals surface area contributed by atoms with Crippen molar-refractivity contribution in [3.05, 3.63) is 59.7 Å². The number of hydrogen-bond donors (Lipinski definition) is 1. The molecular weight excluding hydrogens is 242 g/mol. The van der Waals surface area contributed by atoms with Gasteiger partial charge in [-0.25, -0.2) is 0 Å². The molecule has 2 nitrogen and oxygen atoms in total. The fraction of sp³-hybridized carbons (Fsp3) is 0.200. The molecule has 2 rings (SSSR count). The Labute approximate surface area is 112 Å². The van der Waals surface area contributed by atoms with Crippen LogP contribution in [0, 0.1) is 0 Å². The second kappa shape index (κ2) is 6.47. The molecule has 0 radical (unpaired) electrons. The first-order valence-corrected chi connectivity index (χ1v) is 6.85. The molecule has 0 aliphatic rings. The van der Waals surface area contributed by atoms with Crippen LogP contribution in [0.25, 0.3) is 0 Å². The smallest absolute Gasteiger partial charge is 0.122 e. The summed E-state index contributed by atoms with van der Waals surface area (Å²) >= 11 is 1.80. The third-order valence-electron chi connectivity index (χ3n) is 2.72. The van der Waals surface area contributed by atoms with Crippen LogP contribution in [0.1, 0.15) is 11.1 Å². The van der Waals surface area contributed by atoms with E-state index in [9.17, 15) is 0 Å². The highest BCUT2D eigenvalue weighted by Crippen LogP contribution is 2.28. The monoisotopic (exact) mass is 259 g/mol. The average Bonchev–Trinajstić information content (AvgIpc) is 2.45. The molecular formula is C15H17NOS. The van der Waals surface area contributed by atoms with Gasteiger partial charge in [-0.1, -0.05) is 30.3 Å². The van der Waals surface area contributed by atoms with Gasteiger partial charge in [0.1, 0.15) is 5.75 Å². The molecule has 0 aliphatic heterocycles. The number of para-hydroxylation sites is 1. The molecule has 94 valence electrons. The minimum Gasteiger partial charge on any atom is -0.496 e. The van der Waals surface area contributed by atoms with Gasteiger partial charge in [0.15, 0.2) is 0 Å². The van der Waals surface area contributed by atoms with Crippen molar-refractivity contribution >= 4 is 11.8 Å². The first kappa shape index (κ1) is 13.0. The number of thioether (sulfide) groups is 1. The Hall–Kier alpha value is -1.45. The Morgan fingerprint density at radius 3 is 2.72 bits per heavy atom. The van der Waals surface area contributed by atoms with Crippen LogP contribution in [-0.4, -0.2) is 7.11 Å². The Kier molecular flexibility index (Phi) is 4.67. The van der Waals surface area contributed by atoms with Gasteiger partial charge in [-0.15, -0.1) is 11.8 Å². The summed E-state index contributed by atoms with van der Waals surface area (Å²) in [5.74, 6) is 1.85. The van der Waals surface area contributed by atoms with Crippen molar-refractivity contribution in [1.29, 1.82) is 0 Å². The molecule has 0 atom stereocenters. The molecule has 0 fully saturated rings. The van der Waals surface area contributed by atoms with Gasteiger partial charge in [-0.05, 0) is 23.8 Å². The molecule has 0 aliphatic carbocycles. The number of nitrogens with two attached hydrogens (primary N) is 1. The van der Waals surface area contributed by atoms with Gasteiger partial charge in [0.25, 0.3) is 0 Å². The normalized spacial score (nSPS) is 10.3. The maximum Gasteiger partial charge on any atom is 0.122 e. The van der Waals surface area contributed by atoms with Crippen molar-refractivity contribution in [3.8, 4) is 5.75 Å². The van der Waals surface area contributed by atoms with E-state index in [2.05, 4.69) is 18.2 Å². The fourth-order valence-electron chi connectivity index (χ4n) is 1.75. The van der Waals surface area contributed by atoms with E-state index in [0.717, 1.165) is 11.5 Å². The van der Waals surface area contributed by atoms with Gasteiger partial charge in [-0.2, -0.15) is 0 Å². The Morgan fingerprint density at radius 1 is 1.11 bits per heavy atom. The van der Waals surface area contributed by atoms with Crippen LogP contribution in [0.15, 0.2) is 53.4 Å². The highest BCUT2D eigenvalue weighted by molar-refractivity contribution is 7.98. The van der Waals surface area contributed by atoms with Crippen LogP contribution in [-0.2, 0) is 12.3 Å². The summed E-state index contributed by atoms with van der Waals surface area (Å²) in [7, 11) is 1.71. The lowest BCUT2D eigenvalue weighted by Gasteiger charge is -2.08. The van der Waals surface area contributed by atoms with Crippen molar-refractivity contribution in [3.63, 3.8) is 0 Å². The largest absolute Gasteiger partial charge is 0.496 e. The summed E-state index contributed by atoms with van der Waals surface area (Å²) in [4.78, 5) is 1.24. The summed E-state index contributed by atoms with van der Waals surface area (Å²) in [5.41, 5.74) is 8.02. The van der Waals surface area contributed by atoms with E-state index < -0.39 is 0 Å². The van der Waals surface area contributed by atoms with E-state index in [0.29, 0.717) is 6.54 Å². The number of methoxy groups -OCH3 is 1. The molecule has 18 heavy (non-hydrogen) atoms. The lowest BCUT2D eigenvalue weighted by molar-refractivity contribution is 0.411. The number of benzene rings is 2. The maximum atomic E-state index is 5.64. The van der Waals surface area contributed by atoms with Crippen molar-refractivity contribution < 1.29 is 4.74 Å². The predicted octanol–water partition coefficient (Wildman–Crippen LogP) is 3.45. The van der Waals surface area contributed by atoms with E-state index in [-0.39, 0.29) is 0 Å². The van der Waals surface area contributed by atoms with E-state index in [4.69, 9.17) is 10.5 Å². The quantitative estimate of drug-likeness (QED) is 0.835. The van der Waals surface area contributed by atoms with Gasteiger partial charge >= 0.3 is 0 Å². The standard InChI is InChI=1S/C15H17NOS/c1-17-15-8-3-2-6-13(15)11-18-14-7-4-5-12(9-14)10-16/h2-9H,10-11,16H2,1H3. The van der Waals surface area contributed by atoms with Crippen LogP contribution in [0.3, 0.4) is 0 Å². The lowest BCUT2D eigenvalue weighted by atomic mass is 10.2. The fourth-order valence-corrected chi connectivity index (χ4v) is 2.72. The topological polar surface area (TPSA) is 35.2 Å². The molecule has 3 heteroatoms. The highest BCUT2D eigenvalue weighted by Gasteiger charge is 2.02. The molecule has 0 bridgehead atoms. The summed E-state index contributed by atoms with van der Waals surface area (Å²) in [6.07, 6.45) is 0. The van der Waals surface area contributed by atoms with Gasteiger partial charge in [-0.3, -0.25) is 0 Å². The first-order valence-electron chi connectivity index (χ1n) is 5.87. The van der Waals surface area contributed by atoms with Gasteiger partial charge in [0.2, 0.25) is 0 Å². The molecule has 0 saturated heterocycles. The molecule has 0 heterocycles. The van der Waals surface area contributed by atoms with Crippen LogP contribution >= 0.6 is 11.8 Å². The average molecular weight is 259 g/mol. The zero-order valence-corrected chi connectivity index (χ0v) is 11.2. The number of ether oxygens (including phenoxy) is 1. The van der Waals surface area contributed by atoms with E-state index in [1.807, 2.05) is 30.3 Å². The Morgan fingerprint density at radius 2 is 1.94 bits per heavy atom. The summed E-state index contributed by atoms with van der Waals surface area (Å²) in [5, 5.41) is 0. The summed E-state index contributed by atoms with van der Waals surface area (Å²) in [6, 6.07) is 16.5. The van der Waals surface area contributed by atoms with Crippen LogP contribution in [0.4, 0.5) is 0 Å². The van der Waals surface area contributed by atoms with Crippen molar-refractivity contribution in [2.24, 2.45) is 5.73 Å². The Balaban J connectivity index is 2.06. The maximum absolute atomic E-state index is 5.64. The molecule has 0 aromatic heterocycles. The first-order chi connectivity index (χ1) is 8.83. The molecule has 0 spiro atoms. The van der Waals surface area contributed by atoms with Crippen LogP contribution in [0.5, 0.6) is 5.75 Å². The van der Waals surface area contributed by atoms with E-state index in [1.165, 1.54) is 16.0 Å². The molecule has 0 saturated carbocycles. The second-order valence-corrected chi connectivity index (χ2v) is 5.00. The van der Waals surface area contributed by atoms with Gasteiger partial charge < -0.3 is 10.5 Å². The molecule has 0 amide bonds. The van der Waals surface area contributed by atoms with Gasteiger partial charge in [0.05, 0.1) is 7.11 Å². The highest BCUT2D eigenvalue weighted by atomic mass is 32.2. The third kappa shape index (κ3) is 3.28. The molecule has 2 aromatic carbocycles. The van der Waals surface area contributed by atoms with E-state index in [1.54, 1.807) is 18.9 Å². The Bertz CT molecular complexity index is 513. The summed E-state index contributed by atoms with van der Waals surface area (Å²) in [6.45, 7) is 0.586. The predicted molar refractivity (Wildman–Crippen MR) is 76.9 cm³/mol. The summed E-state index contributed by atoms with van der Waals surface area (Å²) < 4.78 is 5.35. The van der Waals surface area contributed by atoms with Gasteiger partial charge in [0, 0.05) is 22.8 Å². The molecule has 2 N–H and O–H groups in total. The van der Waals surface area contributed by atoms with E-state index >= 15 is 0 Å². The third-order valence-corrected chi connectivity index (χ3v) is 3.76. The molecule has 0 unspecified atom stereocenters. The minimum atomic E-state index is 0.586. The van der Waals surface area contributed by atoms with Crippen molar-refractivity contribution in [2.45, 2.75) is 17.2 Å². The SMILES string of the molecule is COc1ccccc1CSc1cccc(CN)c1. The lowest BCUT2D eigenvalue weighted by Crippen LogP contribution is -1.95.